The maximum Gasteiger partial charge on any atom is 0.282 e. The van der Waals surface area contributed by atoms with Crippen LogP contribution in [-0.4, -0.2) is 78.1 Å². The van der Waals surface area contributed by atoms with Crippen molar-refractivity contribution in [2.45, 2.75) is 33.2 Å². The number of hydrogen-bond donors (Lipinski definition) is 2. The molecule has 216 valence electrons. The first-order valence-corrected chi connectivity index (χ1v) is 14.4. The number of aryl methyl sites for hydroxylation is 1. The molecule has 1 aromatic heterocycles. The smallest absolute Gasteiger partial charge is 0.282 e. The Bertz CT molecular complexity index is 1390. The van der Waals surface area contributed by atoms with Crippen molar-refractivity contribution >= 4 is 29.0 Å². The number of hydrogen-bond acceptors (Lipinski definition) is 7. The Labute approximate surface area is 242 Å². The van der Waals surface area contributed by atoms with Gasteiger partial charge in [0, 0.05) is 68.8 Å². The minimum atomic E-state index is -0.522. The number of pyridine rings is 1. The van der Waals surface area contributed by atoms with Gasteiger partial charge in [-0.2, -0.15) is 5.06 Å². The van der Waals surface area contributed by atoms with Crippen molar-refractivity contribution in [2.75, 3.05) is 61.6 Å². The van der Waals surface area contributed by atoms with Crippen LogP contribution in [0, 0.1) is 12.8 Å². The Hall–Kier alpha value is -3.79. The molecule has 1 atom stereocenters. The molecular formula is C32H40N6O3. The lowest BCUT2D eigenvalue weighted by molar-refractivity contribution is 0.0854. The van der Waals surface area contributed by atoms with Crippen LogP contribution >= 0.6 is 0 Å². The predicted octanol–water partition coefficient (Wildman–Crippen LogP) is 4.66. The van der Waals surface area contributed by atoms with Crippen molar-refractivity contribution in [3.8, 4) is 0 Å². The zero-order chi connectivity index (χ0) is 28.9. The first kappa shape index (κ1) is 28.7. The maximum atomic E-state index is 13.3. The average molecular weight is 557 g/mol. The highest BCUT2D eigenvalue weighted by Crippen LogP contribution is 2.26. The normalized spacial score (nSPS) is 18.2. The van der Waals surface area contributed by atoms with E-state index in [1.165, 1.54) is 6.42 Å². The van der Waals surface area contributed by atoms with E-state index in [9.17, 15) is 14.8 Å². The van der Waals surface area contributed by atoms with E-state index in [2.05, 4.69) is 39.0 Å². The molecule has 3 heterocycles. The maximum absolute atomic E-state index is 13.3. The second-order valence-corrected chi connectivity index (χ2v) is 11.4. The van der Waals surface area contributed by atoms with Gasteiger partial charge in [0.05, 0.1) is 5.69 Å². The number of likely N-dealkylation sites (N-methyl/N-ethyl adjacent to an activating group) is 1. The van der Waals surface area contributed by atoms with Gasteiger partial charge in [-0.05, 0) is 80.3 Å². The van der Waals surface area contributed by atoms with Crippen LogP contribution in [0.4, 0.5) is 17.2 Å². The number of benzene rings is 2. The van der Waals surface area contributed by atoms with Gasteiger partial charge < -0.3 is 15.1 Å². The molecule has 2 N–H and O–H groups in total. The van der Waals surface area contributed by atoms with Crippen molar-refractivity contribution in [2.24, 2.45) is 5.92 Å². The largest absolute Gasteiger partial charge is 0.356 e. The number of anilines is 3. The Balaban J connectivity index is 1.27. The number of piperazine rings is 1. The summed E-state index contributed by atoms with van der Waals surface area (Å²) in [7, 11) is 2.13. The molecule has 2 amide bonds. The molecule has 0 aliphatic carbocycles. The number of nitrogens with zero attached hydrogens (tertiary/aromatic N) is 5. The van der Waals surface area contributed by atoms with Crippen molar-refractivity contribution in [1.29, 1.82) is 0 Å². The van der Waals surface area contributed by atoms with E-state index in [4.69, 9.17) is 0 Å². The van der Waals surface area contributed by atoms with E-state index in [0.717, 1.165) is 63.6 Å². The summed E-state index contributed by atoms with van der Waals surface area (Å²) in [4.78, 5) is 37.8. The average Bonchev–Trinajstić information content (AvgIpc) is 2.99. The Kier molecular flexibility index (Phi) is 8.97. The molecule has 9 heteroatoms. The molecule has 9 nitrogen and oxygen atoms in total. The molecule has 0 saturated carbocycles. The van der Waals surface area contributed by atoms with E-state index in [1.54, 1.807) is 36.5 Å². The highest BCUT2D eigenvalue weighted by molar-refractivity contribution is 6.07. The summed E-state index contributed by atoms with van der Waals surface area (Å²) in [6.07, 6.45) is 3.98. The number of amides is 2. The molecule has 1 unspecified atom stereocenters. The molecule has 3 aromatic rings. The summed E-state index contributed by atoms with van der Waals surface area (Å²) in [5, 5.41) is 14.6. The highest BCUT2D eigenvalue weighted by atomic mass is 16.5. The van der Waals surface area contributed by atoms with Crippen molar-refractivity contribution < 1.29 is 14.8 Å². The minimum absolute atomic E-state index is 0.277. The van der Waals surface area contributed by atoms with Crippen LogP contribution < -0.4 is 15.3 Å². The molecular weight excluding hydrogens is 516 g/mol. The zero-order valence-corrected chi connectivity index (χ0v) is 24.2. The van der Waals surface area contributed by atoms with Crippen molar-refractivity contribution in [3.05, 3.63) is 83.0 Å². The number of piperidine rings is 1. The zero-order valence-electron chi connectivity index (χ0n) is 24.2. The van der Waals surface area contributed by atoms with Gasteiger partial charge in [0.2, 0.25) is 0 Å². The van der Waals surface area contributed by atoms with Gasteiger partial charge in [-0.15, -0.1) is 0 Å². The summed E-state index contributed by atoms with van der Waals surface area (Å²) in [5.41, 5.74) is 3.44. The SMILES string of the molecule is Cc1ccc(NC(=O)c2ccnc(N3CCCC(C)C3)c2)cc1N(O)C(=O)c1cccc(CN2CCN(C)CC2)c1. The fraction of sp³-hybridized carbons (Fsp3) is 0.406. The number of carbonyl (C=O) groups excluding carboxylic acids is 2. The molecule has 0 spiro atoms. The molecule has 0 bridgehead atoms. The van der Waals surface area contributed by atoms with E-state index >= 15 is 0 Å². The standard InChI is InChI=1S/C32H40N6O3/c1-23-6-5-13-37(21-23)30-19-26(11-12-33-30)31(39)34-28-10-9-24(2)29(20-28)38(41)32(40)27-8-4-7-25(18-27)22-36-16-14-35(3)15-17-36/h4,7-12,18-20,23,41H,5-6,13-17,21-22H2,1-3H3,(H,34,39). The van der Waals surface area contributed by atoms with Gasteiger partial charge in [-0.1, -0.05) is 25.1 Å². The van der Waals surface area contributed by atoms with Gasteiger partial charge in [0.25, 0.3) is 11.8 Å². The topological polar surface area (TPSA) is 92.2 Å². The lowest BCUT2D eigenvalue weighted by Gasteiger charge is -2.32. The summed E-state index contributed by atoms with van der Waals surface area (Å²) < 4.78 is 0. The molecule has 0 radical (unpaired) electrons. The van der Waals surface area contributed by atoms with Crippen LogP contribution in [0.1, 0.15) is 51.6 Å². The monoisotopic (exact) mass is 556 g/mol. The van der Waals surface area contributed by atoms with Crippen LogP contribution in [0.5, 0.6) is 0 Å². The highest BCUT2D eigenvalue weighted by Gasteiger charge is 2.21. The van der Waals surface area contributed by atoms with Crippen LogP contribution in [0.3, 0.4) is 0 Å². The number of aromatic nitrogens is 1. The first-order valence-electron chi connectivity index (χ1n) is 14.4. The number of nitrogens with one attached hydrogen (secondary N) is 1. The Morgan fingerprint density at radius 3 is 2.61 bits per heavy atom. The fourth-order valence-electron chi connectivity index (χ4n) is 5.55. The van der Waals surface area contributed by atoms with Crippen molar-refractivity contribution in [1.82, 2.24) is 14.8 Å². The van der Waals surface area contributed by atoms with E-state index in [0.29, 0.717) is 39.0 Å². The third-order valence-corrected chi connectivity index (χ3v) is 8.05. The summed E-state index contributed by atoms with van der Waals surface area (Å²) >= 11 is 0. The molecule has 2 fully saturated rings. The molecule has 5 rings (SSSR count). The summed E-state index contributed by atoms with van der Waals surface area (Å²) in [6.45, 7) is 10.7. The number of carbonyl (C=O) groups is 2. The van der Waals surface area contributed by atoms with Gasteiger partial charge in [-0.3, -0.25) is 19.7 Å². The molecule has 41 heavy (non-hydrogen) atoms. The van der Waals surface area contributed by atoms with Gasteiger partial charge in [-0.25, -0.2) is 4.98 Å². The third kappa shape index (κ3) is 7.11. The predicted molar refractivity (Wildman–Crippen MR) is 162 cm³/mol. The lowest BCUT2D eigenvalue weighted by atomic mass is 10.0. The second kappa shape index (κ2) is 12.8. The lowest BCUT2D eigenvalue weighted by Crippen LogP contribution is -2.43. The summed E-state index contributed by atoms with van der Waals surface area (Å²) in [6, 6.07) is 16.1. The second-order valence-electron chi connectivity index (χ2n) is 11.4. The van der Waals surface area contributed by atoms with Crippen LogP contribution in [0.25, 0.3) is 0 Å². The molecule has 2 aliphatic heterocycles. The van der Waals surface area contributed by atoms with Crippen LogP contribution in [0.15, 0.2) is 60.8 Å². The van der Waals surface area contributed by atoms with E-state index < -0.39 is 5.91 Å². The molecule has 2 aliphatic rings. The van der Waals surface area contributed by atoms with Gasteiger partial charge in [0.15, 0.2) is 0 Å². The Morgan fingerprint density at radius 1 is 1.02 bits per heavy atom. The van der Waals surface area contributed by atoms with Crippen molar-refractivity contribution in [3.63, 3.8) is 0 Å². The number of rotatable bonds is 7. The molecule has 2 saturated heterocycles. The first-order chi connectivity index (χ1) is 19.8. The minimum Gasteiger partial charge on any atom is -0.356 e. The van der Waals surface area contributed by atoms with E-state index in [1.807, 2.05) is 31.2 Å². The Morgan fingerprint density at radius 2 is 1.83 bits per heavy atom. The quantitative estimate of drug-likeness (QED) is 0.323. The van der Waals surface area contributed by atoms with E-state index in [-0.39, 0.29) is 5.91 Å². The van der Waals surface area contributed by atoms with Crippen LogP contribution in [0.2, 0.25) is 0 Å². The third-order valence-electron chi connectivity index (χ3n) is 8.05. The van der Waals surface area contributed by atoms with Crippen LogP contribution in [-0.2, 0) is 6.54 Å². The number of hydroxylamine groups is 1. The van der Waals surface area contributed by atoms with Gasteiger partial charge in [0.1, 0.15) is 5.82 Å². The molecule has 2 aromatic carbocycles. The summed E-state index contributed by atoms with van der Waals surface area (Å²) in [5.74, 6) is 0.598. The van der Waals surface area contributed by atoms with Gasteiger partial charge >= 0.3 is 0 Å². The fourth-order valence-corrected chi connectivity index (χ4v) is 5.55.